The second-order valence-electron chi connectivity index (χ2n) is 5.09. The van der Waals surface area contributed by atoms with Gasteiger partial charge in [-0.1, -0.05) is 66.2 Å². The van der Waals surface area contributed by atoms with Crippen LogP contribution in [0.25, 0.3) is 21.9 Å². The molecule has 0 amide bonds. The van der Waals surface area contributed by atoms with Gasteiger partial charge in [-0.25, -0.2) is 0 Å². The summed E-state index contributed by atoms with van der Waals surface area (Å²) in [4.78, 5) is 12.8. The zero-order valence-electron chi connectivity index (χ0n) is 11.5. The van der Waals surface area contributed by atoms with Crippen LogP contribution in [-0.2, 0) is 0 Å². The normalized spacial score (nSPS) is 11.1. The van der Waals surface area contributed by atoms with Crippen molar-refractivity contribution in [3.05, 3.63) is 82.9 Å². The highest BCUT2D eigenvalue weighted by molar-refractivity contribution is 6.36. The van der Waals surface area contributed by atoms with Crippen LogP contribution in [0.15, 0.2) is 71.1 Å². The number of fused-ring (bicyclic) bond motifs is 3. The highest BCUT2D eigenvalue weighted by Gasteiger charge is 2.18. The monoisotopic (exact) mass is 306 g/mol. The summed E-state index contributed by atoms with van der Waals surface area (Å²) in [6, 6.07) is 20.3. The van der Waals surface area contributed by atoms with Crippen LogP contribution < -0.4 is 0 Å². The lowest BCUT2D eigenvalue weighted by Crippen LogP contribution is -2.01. The van der Waals surface area contributed by atoms with Crippen LogP contribution in [0.3, 0.4) is 0 Å². The SMILES string of the molecule is O=C(c1ccccc1)c1cccc2oc3c(Cl)cccc3c12. The van der Waals surface area contributed by atoms with Crippen molar-refractivity contribution < 1.29 is 9.21 Å². The Morgan fingerprint density at radius 1 is 0.864 bits per heavy atom. The number of furan rings is 1. The van der Waals surface area contributed by atoms with Gasteiger partial charge in [-0.2, -0.15) is 0 Å². The van der Waals surface area contributed by atoms with Gasteiger partial charge in [-0.05, 0) is 12.1 Å². The minimum Gasteiger partial charge on any atom is -0.454 e. The first kappa shape index (κ1) is 13.1. The van der Waals surface area contributed by atoms with E-state index in [0.717, 1.165) is 10.8 Å². The first-order valence-corrected chi connectivity index (χ1v) is 7.33. The third-order valence-electron chi connectivity index (χ3n) is 3.76. The maximum Gasteiger partial charge on any atom is 0.193 e. The van der Waals surface area contributed by atoms with Crippen LogP contribution in [0, 0.1) is 0 Å². The van der Waals surface area contributed by atoms with E-state index in [0.29, 0.717) is 27.3 Å². The topological polar surface area (TPSA) is 30.2 Å². The molecule has 0 saturated heterocycles. The van der Waals surface area contributed by atoms with E-state index < -0.39 is 0 Å². The Morgan fingerprint density at radius 2 is 1.64 bits per heavy atom. The van der Waals surface area contributed by atoms with E-state index in [9.17, 15) is 4.79 Å². The predicted molar refractivity (Wildman–Crippen MR) is 88.6 cm³/mol. The van der Waals surface area contributed by atoms with Crippen molar-refractivity contribution in [1.29, 1.82) is 0 Å². The number of para-hydroxylation sites is 1. The van der Waals surface area contributed by atoms with Crippen molar-refractivity contribution in [3.8, 4) is 0 Å². The molecule has 4 rings (SSSR count). The fourth-order valence-electron chi connectivity index (χ4n) is 2.75. The molecule has 106 valence electrons. The lowest BCUT2D eigenvalue weighted by atomic mass is 9.98. The Balaban J connectivity index is 2.05. The average molecular weight is 307 g/mol. The molecule has 4 aromatic rings. The van der Waals surface area contributed by atoms with Gasteiger partial charge >= 0.3 is 0 Å². The summed E-state index contributed by atoms with van der Waals surface area (Å²) < 4.78 is 5.83. The van der Waals surface area contributed by atoms with Gasteiger partial charge in [0.15, 0.2) is 11.4 Å². The number of rotatable bonds is 2. The van der Waals surface area contributed by atoms with E-state index in [1.807, 2.05) is 60.7 Å². The summed E-state index contributed by atoms with van der Waals surface area (Å²) in [7, 11) is 0. The minimum atomic E-state index is -0.0196. The van der Waals surface area contributed by atoms with Crippen molar-refractivity contribution >= 4 is 39.3 Å². The van der Waals surface area contributed by atoms with Gasteiger partial charge in [0.05, 0.1) is 5.02 Å². The van der Waals surface area contributed by atoms with Crippen molar-refractivity contribution in [2.45, 2.75) is 0 Å². The zero-order chi connectivity index (χ0) is 15.1. The van der Waals surface area contributed by atoms with Gasteiger partial charge in [0, 0.05) is 21.9 Å². The molecule has 0 aliphatic carbocycles. The number of hydrogen-bond donors (Lipinski definition) is 0. The van der Waals surface area contributed by atoms with Crippen molar-refractivity contribution in [2.75, 3.05) is 0 Å². The lowest BCUT2D eigenvalue weighted by Gasteiger charge is -2.03. The molecule has 22 heavy (non-hydrogen) atoms. The smallest absolute Gasteiger partial charge is 0.193 e. The second-order valence-corrected chi connectivity index (χ2v) is 5.50. The molecular weight excluding hydrogens is 296 g/mol. The molecule has 0 unspecified atom stereocenters. The summed E-state index contributed by atoms with van der Waals surface area (Å²) in [5.41, 5.74) is 2.58. The number of carbonyl (C=O) groups is 1. The first-order valence-electron chi connectivity index (χ1n) is 6.95. The van der Waals surface area contributed by atoms with Crippen LogP contribution in [0.1, 0.15) is 15.9 Å². The van der Waals surface area contributed by atoms with Crippen LogP contribution in [0.5, 0.6) is 0 Å². The number of hydrogen-bond acceptors (Lipinski definition) is 2. The molecule has 0 atom stereocenters. The Morgan fingerprint density at radius 3 is 2.45 bits per heavy atom. The second kappa shape index (κ2) is 5.00. The quantitative estimate of drug-likeness (QED) is 0.460. The summed E-state index contributed by atoms with van der Waals surface area (Å²) in [6.45, 7) is 0. The number of benzene rings is 3. The minimum absolute atomic E-state index is 0.0196. The number of ketones is 1. The standard InChI is InChI=1S/C19H11ClO2/c20-15-10-4-9-14-17-13(8-5-11-16(17)22-19(14)15)18(21)12-6-2-1-3-7-12/h1-11H. The summed E-state index contributed by atoms with van der Waals surface area (Å²) >= 11 is 6.20. The molecule has 0 saturated carbocycles. The molecule has 0 spiro atoms. The maximum atomic E-state index is 12.8. The van der Waals surface area contributed by atoms with Crippen molar-refractivity contribution in [3.63, 3.8) is 0 Å². The molecule has 3 heteroatoms. The fourth-order valence-corrected chi connectivity index (χ4v) is 2.96. The van der Waals surface area contributed by atoms with Gasteiger partial charge in [-0.3, -0.25) is 4.79 Å². The molecule has 0 fully saturated rings. The molecule has 2 nitrogen and oxygen atoms in total. The predicted octanol–water partition coefficient (Wildman–Crippen LogP) is 5.47. The molecular formula is C19H11ClO2. The molecule has 0 aliphatic rings. The van der Waals surface area contributed by atoms with Crippen LogP contribution in [-0.4, -0.2) is 5.78 Å². The van der Waals surface area contributed by atoms with Crippen LogP contribution in [0.4, 0.5) is 0 Å². The van der Waals surface area contributed by atoms with E-state index in [1.54, 1.807) is 6.07 Å². The largest absolute Gasteiger partial charge is 0.454 e. The van der Waals surface area contributed by atoms with Gasteiger partial charge in [0.1, 0.15) is 5.58 Å². The number of carbonyl (C=O) groups excluding carboxylic acids is 1. The van der Waals surface area contributed by atoms with Crippen LogP contribution >= 0.6 is 11.6 Å². The van der Waals surface area contributed by atoms with E-state index in [4.69, 9.17) is 16.0 Å². The van der Waals surface area contributed by atoms with E-state index in [-0.39, 0.29) is 5.78 Å². The fraction of sp³-hybridized carbons (Fsp3) is 0. The van der Waals surface area contributed by atoms with Gasteiger partial charge in [0.25, 0.3) is 0 Å². The first-order chi connectivity index (χ1) is 10.8. The summed E-state index contributed by atoms with van der Waals surface area (Å²) in [5, 5.41) is 2.23. The van der Waals surface area contributed by atoms with E-state index in [1.165, 1.54) is 0 Å². The van der Waals surface area contributed by atoms with Crippen LogP contribution in [0.2, 0.25) is 5.02 Å². The Hall–Kier alpha value is -2.58. The number of halogens is 1. The third-order valence-corrected chi connectivity index (χ3v) is 4.05. The molecule has 0 aliphatic heterocycles. The van der Waals surface area contributed by atoms with E-state index >= 15 is 0 Å². The highest BCUT2D eigenvalue weighted by Crippen LogP contribution is 2.35. The Bertz CT molecular complexity index is 1000. The highest BCUT2D eigenvalue weighted by atomic mass is 35.5. The van der Waals surface area contributed by atoms with Gasteiger partial charge in [-0.15, -0.1) is 0 Å². The molecule has 1 heterocycles. The molecule has 0 radical (unpaired) electrons. The molecule has 0 bridgehead atoms. The molecule has 0 N–H and O–H groups in total. The maximum absolute atomic E-state index is 12.8. The molecule has 3 aromatic carbocycles. The average Bonchev–Trinajstić information content (AvgIpc) is 2.95. The summed E-state index contributed by atoms with van der Waals surface area (Å²) in [6.07, 6.45) is 0. The Kier molecular flexibility index (Phi) is 2.98. The molecule has 1 aromatic heterocycles. The van der Waals surface area contributed by atoms with Gasteiger partial charge in [0.2, 0.25) is 0 Å². The lowest BCUT2D eigenvalue weighted by molar-refractivity contribution is 0.104. The zero-order valence-corrected chi connectivity index (χ0v) is 12.3. The Labute approximate surface area is 131 Å². The van der Waals surface area contributed by atoms with E-state index in [2.05, 4.69) is 0 Å². The van der Waals surface area contributed by atoms with Gasteiger partial charge < -0.3 is 4.42 Å². The third kappa shape index (κ3) is 1.92. The summed E-state index contributed by atoms with van der Waals surface area (Å²) in [5.74, 6) is -0.0196. The van der Waals surface area contributed by atoms with Crippen molar-refractivity contribution in [2.24, 2.45) is 0 Å². The van der Waals surface area contributed by atoms with Crippen molar-refractivity contribution in [1.82, 2.24) is 0 Å².